The molecule has 0 saturated carbocycles. The van der Waals surface area contributed by atoms with Crippen LogP contribution in [0.25, 0.3) is 0 Å². The van der Waals surface area contributed by atoms with Crippen molar-refractivity contribution in [1.82, 2.24) is 0 Å². The smallest absolute Gasteiger partial charge is 0.232 e. The van der Waals surface area contributed by atoms with E-state index in [4.69, 9.17) is 25.8 Å². The Balaban J connectivity index is 1.88. The maximum Gasteiger partial charge on any atom is 0.232 e. The first-order valence-corrected chi connectivity index (χ1v) is 10.9. The lowest BCUT2D eigenvalue weighted by Crippen LogP contribution is -2.40. The molecule has 6 nitrogen and oxygen atoms in total. The van der Waals surface area contributed by atoms with Crippen molar-refractivity contribution < 1.29 is 23.8 Å². The molecule has 0 N–H and O–H groups in total. The molecule has 0 bridgehead atoms. The molecule has 7 heteroatoms. The Morgan fingerprint density at radius 3 is 2.25 bits per heavy atom. The third kappa shape index (κ3) is 3.73. The first-order valence-electron chi connectivity index (χ1n) is 10.5. The minimum atomic E-state index is -0.379. The quantitative estimate of drug-likeness (QED) is 0.619. The maximum absolute atomic E-state index is 13.4. The van der Waals surface area contributed by atoms with Gasteiger partial charge in [0, 0.05) is 35.1 Å². The van der Waals surface area contributed by atoms with Crippen LogP contribution in [0.15, 0.2) is 41.6 Å². The molecule has 0 fully saturated rings. The van der Waals surface area contributed by atoms with E-state index >= 15 is 0 Å². The number of hydrogen-bond donors (Lipinski definition) is 0. The van der Waals surface area contributed by atoms with E-state index in [0.29, 0.717) is 52.8 Å². The standard InChI is InChI=1S/C25H26ClNO5/c1-14-8-9-16(12-18(14)26)27-19-6-5-7-20(28)24(19)17(13-23(27)29)15-10-21(30-2)25(32-4)22(11-15)31-3/h8-12,17H,5-7,13H2,1-4H3/t17-/m0/s1. The predicted octanol–water partition coefficient (Wildman–Crippen LogP) is 5.20. The van der Waals surface area contributed by atoms with Crippen molar-refractivity contribution in [3.8, 4) is 17.2 Å². The number of benzene rings is 2. The van der Waals surface area contributed by atoms with Crippen molar-refractivity contribution in [1.29, 1.82) is 0 Å². The van der Waals surface area contributed by atoms with Crippen molar-refractivity contribution in [2.24, 2.45) is 0 Å². The number of hydrogen-bond acceptors (Lipinski definition) is 5. The van der Waals surface area contributed by atoms with Crippen LogP contribution < -0.4 is 19.1 Å². The summed E-state index contributed by atoms with van der Waals surface area (Å²) in [5, 5.41) is 0.589. The second-order valence-corrected chi connectivity index (χ2v) is 8.42. The number of Topliss-reactive ketones (excluding diaryl/α,β-unsaturated/α-hetero) is 1. The van der Waals surface area contributed by atoms with Crippen molar-refractivity contribution in [2.75, 3.05) is 26.2 Å². The summed E-state index contributed by atoms with van der Waals surface area (Å²) in [4.78, 5) is 28.2. The number of ketones is 1. The van der Waals surface area contributed by atoms with Crippen LogP contribution in [0.4, 0.5) is 5.69 Å². The second kappa shape index (κ2) is 8.87. The van der Waals surface area contributed by atoms with Crippen molar-refractivity contribution in [3.63, 3.8) is 0 Å². The molecular formula is C25H26ClNO5. The van der Waals surface area contributed by atoms with Gasteiger partial charge in [0.2, 0.25) is 11.7 Å². The maximum atomic E-state index is 13.4. The number of allylic oxidation sites excluding steroid dienone is 2. The van der Waals surface area contributed by atoms with Crippen molar-refractivity contribution >= 4 is 29.0 Å². The van der Waals surface area contributed by atoms with Gasteiger partial charge in [0.1, 0.15) is 0 Å². The highest BCUT2D eigenvalue weighted by Gasteiger charge is 2.40. The fraction of sp³-hybridized carbons (Fsp3) is 0.360. The van der Waals surface area contributed by atoms with E-state index in [0.717, 1.165) is 16.8 Å². The average molecular weight is 456 g/mol. The number of ether oxygens (including phenoxy) is 3. The van der Waals surface area contributed by atoms with Gasteiger partial charge in [0.25, 0.3) is 0 Å². The number of amides is 1. The Morgan fingerprint density at radius 2 is 1.66 bits per heavy atom. The topological polar surface area (TPSA) is 65.1 Å². The first-order chi connectivity index (χ1) is 15.4. The molecule has 4 rings (SSSR count). The molecule has 0 unspecified atom stereocenters. The summed E-state index contributed by atoms with van der Waals surface area (Å²) in [7, 11) is 4.64. The molecule has 0 aromatic heterocycles. The van der Waals surface area contributed by atoms with E-state index in [2.05, 4.69) is 0 Å². The summed E-state index contributed by atoms with van der Waals surface area (Å²) >= 11 is 6.34. The minimum absolute atomic E-state index is 0.0701. The Labute approximate surface area is 192 Å². The van der Waals surface area contributed by atoms with Crippen LogP contribution in [0.5, 0.6) is 17.2 Å². The number of aryl methyl sites for hydroxylation is 1. The zero-order valence-electron chi connectivity index (χ0n) is 18.7. The molecule has 0 spiro atoms. The van der Waals surface area contributed by atoms with Gasteiger partial charge in [-0.25, -0.2) is 0 Å². The summed E-state index contributed by atoms with van der Waals surface area (Å²) in [6.07, 6.45) is 1.99. The summed E-state index contributed by atoms with van der Waals surface area (Å²) < 4.78 is 16.4. The average Bonchev–Trinajstić information content (AvgIpc) is 2.79. The van der Waals surface area contributed by atoms with Crippen LogP contribution in [-0.4, -0.2) is 33.0 Å². The van der Waals surface area contributed by atoms with Crippen LogP contribution in [-0.2, 0) is 9.59 Å². The lowest BCUT2D eigenvalue weighted by atomic mass is 9.77. The summed E-state index contributed by atoms with van der Waals surface area (Å²) in [6, 6.07) is 9.20. The van der Waals surface area contributed by atoms with Gasteiger partial charge < -0.3 is 14.2 Å². The van der Waals surface area contributed by atoms with Gasteiger partial charge in [0.15, 0.2) is 17.3 Å². The Kier molecular flexibility index (Phi) is 6.15. The number of rotatable bonds is 5. The fourth-order valence-electron chi connectivity index (χ4n) is 4.60. The predicted molar refractivity (Wildman–Crippen MR) is 123 cm³/mol. The van der Waals surface area contributed by atoms with Gasteiger partial charge in [-0.15, -0.1) is 0 Å². The molecule has 168 valence electrons. The van der Waals surface area contributed by atoms with Gasteiger partial charge in [-0.1, -0.05) is 17.7 Å². The largest absolute Gasteiger partial charge is 0.493 e. The monoisotopic (exact) mass is 455 g/mol. The van der Waals surface area contributed by atoms with Crippen LogP contribution >= 0.6 is 11.6 Å². The van der Waals surface area contributed by atoms with Gasteiger partial charge in [-0.05, 0) is 55.2 Å². The van der Waals surface area contributed by atoms with Gasteiger partial charge in [-0.3, -0.25) is 14.5 Å². The van der Waals surface area contributed by atoms with Gasteiger partial charge >= 0.3 is 0 Å². The van der Waals surface area contributed by atoms with Gasteiger partial charge in [-0.2, -0.15) is 0 Å². The Morgan fingerprint density at radius 1 is 0.969 bits per heavy atom. The normalized spacial score (nSPS) is 18.5. The van der Waals surface area contributed by atoms with Crippen LogP contribution in [0, 0.1) is 6.92 Å². The third-order valence-electron chi connectivity index (χ3n) is 6.18. The van der Waals surface area contributed by atoms with Crippen LogP contribution in [0.2, 0.25) is 5.02 Å². The Hall–Kier alpha value is -2.99. The lowest BCUT2D eigenvalue weighted by molar-refractivity contribution is -0.119. The van der Waals surface area contributed by atoms with Crippen molar-refractivity contribution in [3.05, 3.63) is 57.8 Å². The van der Waals surface area contributed by atoms with Crippen LogP contribution in [0.1, 0.15) is 42.7 Å². The van der Waals surface area contributed by atoms with Crippen molar-refractivity contribution in [2.45, 2.75) is 38.5 Å². The highest BCUT2D eigenvalue weighted by molar-refractivity contribution is 6.31. The van der Waals surface area contributed by atoms with Crippen LogP contribution in [0.3, 0.4) is 0 Å². The molecule has 0 radical (unpaired) electrons. The highest BCUT2D eigenvalue weighted by Crippen LogP contribution is 2.47. The molecule has 2 aromatic carbocycles. The summed E-state index contributed by atoms with van der Waals surface area (Å²) in [5.74, 6) is 1.08. The number of carbonyl (C=O) groups excluding carboxylic acids is 2. The summed E-state index contributed by atoms with van der Waals surface area (Å²) in [5.41, 5.74) is 3.86. The molecule has 1 atom stereocenters. The molecule has 0 saturated heterocycles. The van der Waals surface area contributed by atoms with E-state index < -0.39 is 0 Å². The summed E-state index contributed by atoms with van der Waals surface area (Å²) in [6.45, 7) is 1.92. The Bertz CT molecular complexity index is 1100. The number of halogens is 1. The van der Waals surface area contributed by atoms with E-state index in [9.17, 15) is 9.59 Å². The second-order valence-electron chi connectivity index (χ2n) is 8.02. The number of nitrogens with zero attached hydrogens (tertiary/aromatic N) is 1. The fourth-order valence-corrected chi connectivity index (χ4v) is 4.78. The zero-order valence-corrected chi connectivity index (χ0v) is 19.4. The lowest BCUT2D eigenvalue weighted by Gasteiger charge is -2.38. The molecule has 2 aliphatic rings. The van der Waals surface area contributed by atoms with E-state index in [1.165, 1.54) is 0 Å². The minimum Gasteiger partial charge on any atom is -0.493 e. The highest BCUT2D eigenvalue weighted by atomic mass is 35.5. The molecule has 1 aliphatic carbocycles. The molecule has 32 heavy (non-hydrogen) atoms. The van der Waals surface area contributed by atoms with Gasteiger partial charge in [0.05, 0.1) is 27.0 Å². The first kappa shape index (κ1) is 22.2. The molecule has 1 aliphatic heterocycles. The van der Waals surface area contributed by atoms with E-state index in [-0.39, 0.29) is 24.0 Å². The van der Waals surface area contributed by atoms with E-state index in [1.807, 2.05) is 31.2 Å². The molecule has 1 amide bonds. The third-order valence-corrected chi connectivity index (χ3v) is 6.59. The molecule has 1 heterocycles. The SMILES string of the molecule is COc1cc([C@@H]2CC(=O)N(c3ccc(C)c(Cl)c3)C3=C2C(=O)CCC3)cc(OC)c1OC. The number of carbonyl (C=O) groups is 2. The van der Waals surface area contributed by atoms with E-state index in [1.54, 1.807) is 32.3 Å². The number of methoxy groups -OCH3 is 3. The molecule has 2 aromatic rings. The zero-order chi connectivity index (χ0) is 23.0. The molecular weight excluding hydrogens is 430 g/mol. The number of anilines is 1.